The molecule has 0 bridgehead atoms. The van der Waals surface area contributed by atoms with Gasteiger partial charge in [0, 0.05) is 19.2 Å². The summed E-state index contributed by atoms with van der Waals surface area (Å²) in [5.41, 5.74) is -0.761. The fourth-order valence-corrected chi connectivity index (χ4v) is 3.00. The molecule has 1 amide bonds. The summed E-state index contributed by atoms with van der Waals surface area (Å²) in [7, 11) is 1.36. The lowest BCUT2D eigenvalue weighted by molar-refractivity contribution is -0.385. The summed E-state index contributed by atoms with van der Waals surface area (Å²) in [6.07, 6.45) is 1.96. The molecule has 0 N–H and O–H groups in total. The van der Waals surface area contributed by atoms with Crippen LogP contribution in [0.15, 0.2) is 12.1 Å². The standard InChI is InChI=1S/C18H24N2O7/c1-4-26-16-9-14(20(23)24)13(8-15(16)25-3)18(22)27-11-17(21)19-7-5-6-12(2)10-19/h8-9,12H,4-7,10-11H2,1-3H3/t12-/m1/s1. The van der Waals surface area contributed by atoms with Crippen LogP contribution in [-0.2, 0) is 9.53 Å². The van der Waals surface area contributed by atoms with Crippen molar-refractivity contribution in [3.63, 3.8) is 0 Å². The van der Waals surface area contributed by atoms with E-state index in [1.807, 2.05) is 0 Å². The fourth-order valence-electron chi connectivity index (χ4n) is 3.00. The molecule has 27 heavy (non-hydrogen) atoms. The number of esters is 1. The van der Waals surface area contributed by atoms with Crippen LogP contribution in [-0.4, -0.2) is 55.1 Å². The molecule has 1 heterocycles. The molecule has 1 atom stereocenters. The zero-order valence-electron chi connectivity index (χ0n) is 15.7. The van der Waals surface area contributed by atoms with E-state index in [1.165, 1.54) is 13.2 Å². The third kappa shape index (κ3) is 5.08. The zero-order chi connectivity index (χ0) is 20.0. The van der Waals surface area contributed by atoms with Crippen molar-refractivity contribution in [1.82, 2.24) is 4.90 Å². The number of nitro benzene ring substituents is 1. The highest BCUT2D eigenvalue weighted by Gasteiger charge is 2.27. The summed E-state index contributed by atoms with van der Waals surface area (Å²) in [6.45, 7) is 4.84. The van der Waals surface area contributed by atoms with Gasteiger partial charge in [0.05, 0.1) is 24.7 Å². The normalized spacial score (nSPS) is 16.6. The van der Waals surface area contributed by atoms with Crippen LogP contribution < -0.4 is 9.47 Å². The van der Waals surface area contributed by atoms with Gasteiger partial charge in [-0.2, -0.15) is 0 Å². The predicted molar refractivity (Wildman–Crippen MR) is 96.1 cm³/mol. The highest BCUT2D eigenvalue weighted by molar-refractivity contribution is 5.96. The van der Waals surface area contributed by atoms with Crippen molar-refractivity contribution in [2.24, 2.45) is 5.92 Å². The van der Waals surface area contributed by atoms with Gasteiger partial charge < -0.3 is 19.1 Å². The SMILES string of the molecule is CCOc1cc([N+](=O)[O-])c(C(=O)OCC(=O)N2CCC[C@@H](C)C2)cc1OC. The van der Waals surface area contributed by atoms with Gasteiger partial charge in [0.15, 0.2) is 18.1 Å². The van der Waals surface area contributed by atoms with Crippen molar-refractivity contribution in [2.45, 2.75) is 26.7 Å². The zero-order valence-corrected chi connectivity index (χ0v) is 15.7. The molecule has 1 fully saturated rings. The van der Waals surface area contributed by atoms with Gasteiger partial charge in [0.2, 0.25) is 0 Å². The Kier molecular flexibility index (Phi) is 6.98. The highest BCUT2D eigenvalue weighted by atomic mass is 16.6. The number of amides is 1. The van der Waals surface area contributed by atoms with Crippen molar-refractivity contribution in [1.29, 1.82) is 0 Å². The van der Waals surface area contributed by atoms with E-state index in [2.05, 4.69) is 6.92 Å². The number of benzene rings is 1. The lowest BCUT2D eigenvalue weighted by Crippen LogP contribution is -2.41. The van der Waals surface area contributed by atoms with E-state index in [0.717, 1.165) is 18.9 Å². The number of methoxy groups -OCH3 is 1. The molecule has 1 saturated heterocycles. The Morgan fingerprint density at radius 2 is 2.07 bits per heavy atom. The number of nitrogens with zero attached hydrogens (tertiary/aromatic N) is 2. The summed E-state index contributed by atoms with van der Waals surface area (Å²) in [6, 6.07) is 2.31. The maximum Gasteiger partial charge on any atom is 0.345 e. The van der Waals surface area contributed by atoms with Crippen molar-refractivity contribution in [2.75, 3.05) is 33.4 Å². The Morgan fingerprint density at radius 3 is 2.67 bits per heavy atom. The Hall–Kier alpha value is -2.84. The minimum Gasteiger partial charge on any atom is -0.493 e. The van der Waals surface area contributed by atoms with E-state index in [1.54, 1.807) is 11.8 Å². The molecule has 0 aliphatic carbocycles. The molecule has 0 spiro atoms. The van der Waals surface area contributed by atoms with Gasteiger partial charge in [0.1, 0.15) is 5.56 Å². The van der Waals surface area contributed by atoms with Crippen LogP contribution in [0.25, 0.3) is 0 Å². The van der Waals surface area contributed by atoms with Gasteiger partial charge in [0.25, 0.3) is 11.6 Å². The van der Waals surface area contributed by atoms with Crippen LogP contribution in [0.3, 0.4) is 0 Å². The number of rotatable bonds is 7. The summed E-state index contributed by atoms with van der Waals surface area (Å²) in [4.78, 5) is 36.9. The van der Waals surface area contributed by atoms with E-state index < -0.39 is 23.2 Å². The van der Waals surface area contributed by atoms with Gasteiger partial charge in [-0.15, -0.1) is 0 Å². The Bertz CT molecular complexity index is 720. The molecule has 9 heteroatoms. The van der Waals surface area contributed by atoms with Crippen molar-refractivity contribution >= 4 is 17.6 Å². The fraction of sp³-hybridized carbons (Fsp3) is 0.556. The summed E-state index contributed by atoms with van der Waals surface area (Å²) in [5.74, 6) is -0.543. The minimum absolute atomic E-state index is 0.154. The average Bonchev–Trinajstić information content (AvgIpc) is 2.65. The van der Waals surface area contributed by atoms with E-state index in [4.69, 9.17) is 14.2 Å². The number of carbonyl (C=O) groups is 2. The number of hydrogen-bond acceptors (Lipinski definition) is 7. The monoisotopic (exact) mass is 380 g/mol. The number of likely N-dealkylation sites (tertiary alicyclic amines) is 1. The Balaban J connectivity index is 2.14. The van der Waals surface area contributed by atoms with Crippen LogP contribution in [0.1, 0.15) is 37.0 Å². The molecule has 0 unspecified atom stereocenters. The molecule has 9 nitrogen and oxygen atoms in total. The predicted octanol–water partition coefficient (Wildman–Crippen LogP) is 2.42. The molecule has 1 aromatic carbocycles. The first-order valence-electron chi connectivity index (χ1n) is 8.81. The van der Waals surface area contributed by atoms with Gasteiger partial charge in [-0.1, -0.05) is 6.92 Å². The van der Waals surface area contributed by atoms with E-state index in [0.29, 0.717) is 19.0 Å². The largest absolute Gasteiger partial charge is 0.493 e. The molecule has 1 aromatic rings. The maximum absolute atomic E-state index is 12.4. The quantitative estimate of drug-likeness (QED) is 0.406. The summed E-state index contributed by atoms with van der Waals surface area (Å²) >= 11 is 0. The van der Waals surface area contributed by atoms with Gasteiger partial charge in [-0.05, 0) is 25.7 Å². The molecule has 1 aliphatic heterocycles. The van der Waals surface area contributed by atoms with Crippen molar-refractivity contribution in [3.8, 4) is 11.5 Å². The van der Waals surface area contributed by atoms with E-state index in [-0.39, 0.29) is 29.6 Å². The molecular formula is C18H24N2O7. The molecule has 0 radical (unpaired) electrons. The van der Waals surface area contributed by atoms with Crippen molar-refractivity contribution in [3.05, 3.63) is 27.8 Å². The van der Waals surface area contributed by atoms with E-state index in [9.17, 15) is 19.7 Å². The maximum atomic E-state index is 12.4. The molecule has 148 valence electrons. The first-order chi connectivity index (χ1) is 12.9. The average molecular weight is 380 g/mol. The van der Waals surface area contributed by atoms with Crippen LogP contribution >= 0.6 is 0 Å². The van der Waals surface area contributed by atoms with Crippen LogP contribution in [0, 0.1) is 16.0 Å². The molecule has 2 rings (SSSR count). The number of carbonyl (C=O) groups excluding carboxylic acids is 2. The second kappa shape index (κ2) is 9.20. The summed E-state index contributed by atoms with van der Waals surface area (Å²) < 4.78 is 15.5. The number of piperidine rings is 1. The van der Waals surface area contributed by atoms with Gasteiger partial charge >= 0.3 is 5.97 Å². The van der Waals surface area contributed by atoms with Crippen LogP contribution in [0.4, 0.5) is 5.69 Å². The summed E-state index contributed by atoms with van der Waals surface area (Å²) in [5, 5.41) is 11.3. The Morgan fingerprint density at radius 1 is 1.33 bits per heavy atom. The second-order valence-electron chi connectivity index (χ2n) is 6.37. The Labute approximate surface area is 157 Å². The number of nitro groups is 1. The number of ether oxygens (including phenoxy) is 3. The topological polar surface area (TPSA) is 108 Å². The molecular weight excluding hydrogens is 356 g/mol. The third-order valence-electron chi connectivity index (χ3n) is 4.33. The lowest BCUT2D eigenvalue weighted by Gasteiger charge is -2.30. The first kappa shape index (κ1) is 20.5. The van der Waals surface area contributed by atoms with Gasteiger partial charge in [-0.3, -0.25) is 14.9 Å². The van der Waals surface area contributed by atoms with Crippen molar-refractivity contribution < 1.29 is 28.7 Å². The van der Waals surface area contributed by atoms with Crippen LogP contribution in [0.2, 0.25) is 0 Å². The highest BCUT2D eigenvalue weighted by Crippen LogP contribution is 2.35. The third-order valence-corrected chi connectivity index (χ3v) is 4.33. The smallest absolute Gasteiger partial charge is 0.345 e. The molecule has 1 aliphatic rings. The minimum atomic E-state index is -0.957. The molecule has 0 aromatic heterocycles. The molecule has 0 saturated carbocycles. The van der Waals surface area contributed by atoms with Gasteiger partial charge in [-0.25, -0.2) is 4.79 Å². The lowest BCUT2D eigenvalue weighted by atomic mass is 10.0. The first-order valence-corrected chi connectivity index (χ1v) is 8.81. The number of hydrogen-bond donors (Lipinski definition) is 0. The second-order valence-corrected chi connectivity index (χ2v) is 6.37. The van der Waals surface area contributed by atoms with E-state index >= 15 is 0 Å². The van der Waals surface area contributed by atoms with Crippen LogP contribution in [0.5, 0.6) is 11.5 Å².